The summed E-state index contributed by atoms with van der Waals surface area (Å²) in [5, 5.41) is 0.702. The lowest BCUT2D eigenvalue weighted by atomic mass is 10.1. The molecule has 0 aliphatic rings. The van der Waals surface area contributed by atoms with Gasteiger partial charge in [0.2, 0.25) is 0 Å². The number of aryl methyl sites for hydroxylation is 1. The Morgan fingerprint density at radius 1 is 0.966 bits per heavy atom. The lowest BCUT2D eigenvalue weighted by Gasteiger charge is -2.06. The van der Waals surface area contributed by atoms with Crippen LogP contribution < -0.4 is 10.3 Å². The molecule has 29 heavy (non-hydrogen) atoms. The van der Waals surface area contributed by atoms with Gasteiger partial charge < -0.3 is 9.72 Å². The summed E-state index contributed by atoms with van der Waals surface area (Å²) in [6, 6.07) is 19.9. The second-order valence-electron chi connectivity index (χ2n) is 6.76. The molecule has 0 bridgehead atoms. The van der Waals surface area contributed by atoms with Gasteiger partial charge in [-0.3, -0.25) is 4.79 Å². The topological polar surface area (TPSA) is 55.0 Å². The number of benzene rings is 2. The van der Waals surface area contributed by atoms with Crippen molar-refractivity contribution in [2.45, 2.75) is 31.3 Å². The van der Waals surface area contributed by atoms with E-state index < -0.39 is 0 Å². The highest BCUT2D eigenvalue weighted by atomic mass is 32.2. The van der Waals surface area contributed by atoms with E-state index in [-0.39, 0.29) is 5.56 Å². The molecule has 3 rings (SSSR count). The van der Waals surface area contributed by atoms with E-state index in [2.05, 4.69) is 46.4 Å². The minimum absolute atomic E-state index is 0.0880. The molecule has 0 aliphatic heterocycles. The SMILES string of the molecule is Cc1cc(=O)[nH]c(SCCCCCOc2ccc(/C=C/c3ccccc3)cc2)n1. The van der Waals surface area contributed by atoms with Gasteiger partial charge in [-0.15, -0.1) is 0 Å². The van der Waals surface area contributed by atoms with Crippen molar-refractivity contribution < 1.29 is 4.74 Å². The van der Waals surface area contributed by atoms with Crippen LogP contribution in [-0.4, -0.2) is 22.3 Å². The maximum absolute atomic E-state index is 11.4. The fraction of sp³-hybridized carbons (Fsp3) is 0.250. The number of aromatic nitrogens is 2. The number of rotatable bonds is 10. The molecule has 4 nitrogen and oxygen atoms in total. The molecule has 0 unspecified atom stereocenters. The van der Waals surface area contributed by atoms with Crippen molar-refractivity contribution in [1.29, 1.82) is 0 Å². The molecule has 1 N–H and O–H groups in total. The second-order valence-corrected chi connectivity index (χ2v) is 7.85. The lowest BCUT2D eigenvalue weighted by Crippen LogP contribution is -2.08. The highest BCUT2D eigenvalue weighted by molar-refractivity contribution is 7.99. The molecule has 1 heterocycles. The summed E-state index contributed by atoms with van der Waals surface area (Å²) < 4.78 is 5.83. The maximum Gasteiger partial charge on any atom is 0.251 e. The Balaban J connectivity index is 1.31. The largest absolute Gasteiger partial charge is 0.494 e. The number of unbranched alkanes of at least 4 members (excludes halogenated alkanes) is 2. The van der Waals surface area contributed by atoms with E-state index in [9.17, 15) is 4.79 Å². The number of aromatic amines is 1. The van der Waals surface area contributed by atoms with E-state index in [1.807, 2.05) is 37.3 Å². The molecule has 5 heteroatoms. The van der Waals surface area contributed by atoms with Crippen LogP contribution >= 0.6 is 11.8 Å². The first kappa shape index (κ1) is 20.9. The van der Waals surface area contributed by atoms with Gasteiger partial charge in [0.05, 0.1) is 6.61 Å². The van der Waals surface area contributed by atoms with E-state index in [4.69, 9.17) is 4.74 Å². The van der Waals surface area contributed by atoms with Crippen LogP contribution in [0.1, 0.15) is 36.1 Å². The van der Waals surface area contributed by atoms with Gasteiger partial charge >= 0.3 is 0 Å². The maximum atomic E-state index is 11.4. The summed E-state index contributed by atoms with van der Waals surface area (Å²) in [6.45, 7) is 2.55. The fourth-order valence-electron chi connectivity index (χ4n) is 2.79. The minimum atomic E-state index is -0.0880. The van der Waals surface area contributed by atoms with Gasteiger partial charge in [0.1, 0.15) is 5.75 Å². The predicted octanol–water partition coefficient (Wildman–Crippen LogP) is 5.59. The number of nitrogens with one attached hydrogen (secondary N) is 1. The number of hydrogen-bond donors (Lipinski definition) is 1. The van der Waals surface area contributed by atoms with Crippen molar-refractivity contribution >= 4 is 23.9 Å². The van der Waals surface area contributed by atoms with Crippen molar-refractivity contribution in [2.24, 2.45) is 0 Å². The monoisotopic (exact) mass is 406 g/mol. The van der Waals surface area contributed by atoms with E-state index in [0.29, 0.717) is 11.8 Å². The summed E-state index contributed by atoms with van der Waals surface area (Å²) in [6.07, 6.45) is 7.37. The Morgan fingerprint density at radius 3 is 2.41 bits per heavy atom. The Morgan fingerprint density at radius 2 is 1.69 bits per heavy atom. The smallest absolute Gasteiger partial charge is 0.251 e. The summed E-state index contributed by atoms with van der Waals surface area (Å²) in [7, 11) is 0. The second kappa shape index (κ2) is 11.3. The van der Waals surface area contributed by atoms with E-state index >= 15 is 0 Å². The molecule has 0 saturated heterocycles. The average molecular weight is 407 g/mol. The molecule has 0 aliphatic carbocycles. The Hall–Kier alpha value is -2.79. The Kier molecular flexibility index (Phi) is 8.13. The minimum Gasteiger partial charge on any atom is -0.494 e. The zero-order chi connectivity index (χ0) is 20.3. The molecular formula is C24H26N2O2S. The standard InChI is InChI=1S/C24H26N2O2S/c1-19-18-23(27)26-24(25-19)29-17-7-3-6-16-28-22-14-12-21(13-15-22)11-10-20-8-4-2-5-9-20/h2,4-5,8-15,18H,3,6-7,16-17H2,1H3,(H,25,26,27)/b11-10+. The van der Waals surface area contributed by atoms with E-state index in [0.717, 1.165) is 42.0 Å². The molecule has 2 aromatic carbocycles. The van der Waals surface area contributed by atoms with E-state index in [1.54, 1.807) is 11.8 Å². The number of nitrogens with zero attached hydrogens (tertiary/aromatic N) is 1. The van der Waals surface area contributed by atoms with Crippen molar-refractivity contribution in [3.63, 3.8) is 0 Å². The summed E-state index contributed by atoms with van der Waals surface area (Å²) in [5.74, 6) is 1.84. The summed E-state index contributed by atoms with van der Waals surface area (Å²) in [4.78, 5) is 18.5. The third-order valence-electron chi connectivity index (χ3n) is 4.29. The van der Waals surface area contributed by atoms with Gasteiger partial charge in [-0.2, -0.15) is 0 Å². The quantitative estimate of drug-likeness (QED) is 0.206. The zero-order valence-corrected chi connectivity index (χ0v) is 17.5. The van der Waals surface area contributed by atoms with E-state index in [1.165, 1.54) is 11.6 Å². The average Bonchev–Trinajstić information content (AvgIpc) is 2.72. The van der Waals surface area contributed by atoms with Crippen LogP contribution in [0.15, 0.2) is 70.6 Å². The van der Waals surface area contributed by atoms with Gasteiger partial charge in [-0.1, -0.05) is 66.4 Å². The van der Waals surface area contributed by atoms with Crippen molar-refractivity contribution in [2.75, 3.05) is 12.4 Å². The Bertz CT molecular complexity index is 966. The van der Waals surface area contributed by atoms with Crippen LogP contribution in [0.3, 0.4) is 0 Å². The molecule has 0 fully saturated rings. The van der Waals surface area contributed by atoms with Gasteiger partial charge in [0.15, 0.2) is 5.16 Å². The molecule has 150 valence electrons. The van der Waals surface area contributed by atoms with Gasteiger partial charge in [0.25, 0.3) is 5.56 Å². The first-order valence-corrected chi connectivity index (χ1v) is 10.8. The normalized spacial score (nSPS) is 11.1. The van der Waals surface area contributed by atoms with Gasteiger partial charge in [0, 0.05) is 17.5 Å². The highest BCUT2D eigenvalue weighted by Gasteiger charge is 2.00. The van der Waals surface area contributed by atoms with Crippen LogP contribution in [0.4, 0.5) is 0 Å². The van der Waals surface area contributed by atoms with Gasteiger partial charge in [-0.05, 0) is 49.4 Å². The molecule has 0 amide bonds. The molecule has 0 spiro atoms. The molecule has 0 atom stereocenters. The summed E-state index contributed by atoms with van der Waals surface area (Å²) in [5.41, 5.74) is 3.01. The molecule has 3 aromatic rings. The first-order valence-electron chi connectivity index (χ1n) is 9.86. The van der Waals surface area contributed by atoms with Crippen LogP contribution in [0.2, 0.25) is 0 Å². The molecule has 1 aromatic heterocycles. The van der Waals surface area contributed by atoms with Crippen molar-refractivity contribution in [3.8, 4) is 5.75 Å². The van der Waals surface area contributed by atoms with Crippen LogP contribution in [0.5, 0.6) is 5.75 Å². The highest BCUT2D eigenvalue weighted by Crippen LogP contribution is 2.16. The molecular weight excluding hydrogens is 380 g/mol. The van der Waals surface area contributed by atoms with Gasteiger partial charge in [-0.25, -0.2) is 4.98 Å². The third-order valence-corrected chi connectivity index (χ3v) is 5.25. The third kappa shape index (κ3) is 7.62. The number of thioether (sulfide) groups is 1. The van der Waals surface area contributed by atoms with Crippen molar-refractivity contribution in [1.82, 2.24) is 9.97 Å². The van der Waals surface area contributed by atoms with Crippen LogP contribution in [0.25, 0.3) is 12.2 Å². The predicted molar refractivity (Wildman–Crippen MR) is 121 cm³/mol. The zero-order valence-electron chi connectivity index (χ0n) is 16.6. The first-order chi connectivity index (χ1) is 14.2. The number of ether oxygens (including phenoxy) is 1. The summed E-state index contributed by atoms with van der Waals surface area (Å²) >= 11 is 1.59. The van der Waals surface area contributed by atoms with Crippen molar-refractivity contribution in [3.05, 3.63) is 87.8 Å². The number of H-pyrrole nitrogens is 1. The van der Waals surface area contributed by atoms with Crippen LogP contribution in [0, 0.1) is 6.92 Å². The molecule has 0 saturated carbocycles. The Labute approximate surface area is 176 Å². The molecule has 0 radical (unpaired) electrons. The fourth-order valence-corrected chi connectivity index (χ4v) is 3.71. The lowest BCUT2D eigenvalue weighted by molar-refractivity contribution is 0.306. The van der Waals surface area contributed by atoms with Crippen LogP contribution in [-0.2, 0) is 0 Å². The number of hydrogen-bond acceptors (Lipinski definition) is 4.